The second kappa shape index (κ2) is 7.15. The molecule has 0 radical (unpaired) electrons. The highest BCUT2D eigenvalue weighted by molar-refractivity contribution is 7.92. The molecular formula is C20H20O4S. The van der Waals surface area contributed by atoms with Gasteiger partial charge in [-0.3, -0.25) is 0 Å². The molecule has 130 valence electrons. The van der Waals surface area contributed by atoms with Crippen LogP contribution in [0.4, 0.5) is 0 Å². The number of sulfone groups is 1. The van der Waals surface area contributed by atoms with Gasteiger partial charge in [0.05, 0.1) is 17.3 Å². The highest BCUT2D eigenvalue weighted by Crippen LogP contribution is 2.26. The second-order valence-electron chi connectivity index (χ2n) is 5.88. The maximum Gasteiger partial charge on any atom is 0.185 e. The fourth-order valence-corrected chi connectivity index (χ4v) is 4.09. The van der Waals surface area contributed by atoms with Gasteiger partial charge in [0, 0.05) is 6.07 Å². The van der Waals surface area contributed by atoms with Crippen LogP contribution in [0.2, 0.25) is 0 Å². The number of ether oxygens (including phenoxy) is 2. The summed E-state index contributed by atoms with van der Waals surface area (Å²) in [5, 5.41) is -0.576. The number of hydrogen-bond acceptors (Lipinski definition) is 4. The molecule has 0 saturated carbocycles. The van der Waals surface area contributed by atoms with E-state index in [4.69, 9.17) is 9.47 Å². The van der Waals surface area contributed by atoms with Crippen molar-refractivity contribution in [2.75, 3.05) is 7.11 Å². The van der Waals surface area contributed by atoms with Crippen LogP contribution >= 0.6 is 0 Å². The van der Waals surface area contributed by atoms with Crippen molar-refractivity contribution in [1.82, 2.24) is 0 Å². The van der Waals surface area contributed by atoms with Gasteiger partial charge >= 0.3 is 0 Å². The van der Waals surface area contributed by atoms with Crippen LogP contribution in [0, 0.1) is 6.92 Å². The predicted octanol–water partition coefficient (Wildman–Crippen LogP) is 4.07. The summed E-state index contributed by atoms with van der Waals surface area (Å²) in [5.74, 6) is 1.98. The summed E-state index contributed by atoms with van der Waals surface area (Å²) in [6.45, 7) is 1.93. The van der Waals surface area contributed by atoms with Crippen LogP contribution in [0.1, 0.15) is 12.0 Å². The van der Waals surface area contributed by atoms with Crippen LogP contribution < -0.4 is 9.47 Å². The normalized spacial score (nSPS) is 17.0. The summed E-state index contributed by atoms with van der Waals surface area (Å²) in [6.07, 6.45) is 5.58. The molecule has 0 spiro atoms. The van der Waals surface area contributed by atoms with Crippen molar-refractivity contribution < 1.29 is 17.9 Å². The number of rotatable bonds is 5. The lowest BCUT2D eigenvalue weighted by molar-refractivity contribution is 0.403. The smallest absolute Gasteiger partial charge is 0.185 e. The van der Waals surface area contributed by atoms with Crippen molar-refractivity contribution in [3.63, 3.8) is 0 Å². The van der Waals surface area contributed by atoms with Gasteiger partial charge in [0.15, 0.2) is 9.84 Å². The minimum Gasteiger partial charge on any atom is -0.497 e. The average molecular weight is 356 g/mol. The summed E-state index contributed by atoms with van der Waals surface area (Å²) in [5.41, 5.74) is 1.03. The van der Waals surface area contributed by atoms with Gasteiger partial charge in [0.2, 0.25) is 0 Å². The highest BCUT2D eigenvalue weighted by Gasteiger charge is 2.26. The van der Waals surface area contributed by atoms with Crippen LogP contribution in [0.15, 0.2) is 77.4 Å². The molecule has 0 aromatic heterocycles. The first-order chi connectivity index (χ1) is 12.0. The van der Waals surface area contributed by atoms with E-state index in [1.807, 2.05) is 37.3 Å². The molecule has 4 nitrogen and oxygen atoms in total. The van der Waals surface area contributed by atoms with Gasteiger partial charge in [0.1, 0.15) is 17.3 Å². The van der Waals surface area contributed by atoms with Crippen molar-refractivity contribution >= 4 is 9.84 Å². The van der Waals surface area contributed by atoms with Crippen LogP contribution in [-0.2, 0) is 9.84 Å². The molecule has 3 rings (SSSR count). The molecule has 0 fully saturated rings. The van der Waals surface area contributed by atoms with E-state index >= 15 is 0 Å². The molecule has 0 amide bonds. The third-order valence-corrected chi connectivity index (χ3v) is 6.13. The van der Waals surface area contributed by atoms with Gasteiger partial charge in [-0.1, -0.05) is 29.8 Å². The third-order valence-electron chi connectivity index (χ3n) is 4.05. The van der Waals surface area contributed by atoms with Gasteiger partial charge in [-0.25, -0.2) is 8.42 Å². The molecule has 2 aromatic rings. The molecule has 0 heterocycles. The summed E-state index contributed by atoms with van der Waals surface area (Å²) in [6, 6.07) is 14.2. The second-order valence-corrected chi connectivity index (χ2v) is 8.05. The van der Waals surface area contributed by atoms with Gasteiger partial charge in [-0.2, -0.15) is 0 Å². The Hall–Kier alpha value is -2.53. The van der Waals surface area contributed by atoms with Gasteiger partial charge in [-0.05, 0) is 49.8 Å². The van der Waals surface area contributed by atoms with E-state index in [9.17, 15) is 8.42 Å². The van der Waals surface area contributed by atoms with E-state index < -0.39 is 15.1 Å². The average Bonchev–Trinajstić information content (AvgIpc) is 2.63. The topological polar surface area (TPSA) is 52.6 Å². The first-order valence-electron chi connectivity index (χ1n) is 8.00. The largest absolute Gasteiger partial charge is 0.497 e. The monoisotopic (exact) mass is 356 g/mol. The van der Waals surface area contributed by atoms with Crippen LogP contribution in [0.5, 0.6) is 11.5 Å². The maximum atomic E-state index is 12.7. The summed E-state index contributed by atoms with van der Waals surface area (Å²) < 4.78 is 36.4. The SMILES string of the molecule is COc1cccc(OC2=CCC(S(=O)(=O)c3ccc(C)cc3)C=C2)c1. The zero-order valence-electron chi connectivity index (χ0n) is 14.2. The fraction of sp³-hybridized carbons (Fsp3) is 0.200. The number of benzene rings is 2. The Morgan fingerprint density at radius 1 is 1.04 bits per heavy atom. The molecule has 1 aliphatic carbocycles. The van der Waals surface area contributed by atoms with Crippen molar-refractivity contribution in [3.05, 3.63) is 78.1 Å². The van der Waals surface area contributed by atoms with E-state index in [1.54, 1.807) is 43.5 Å². The lowest BCUT2D eigenvalue weighted by Gasteiger charge is -2.17. The van der Waals surface area contributed by atoms with Crippen molar-refractivity contribution in [2.45, 2.75) is 23.5 Å². The number of aryl methyl sites for hydroxylation is 1. The van der Waals surface area contributed by atoms with Crippen molar-refractivity contribution in [1.29, 1.82) is 0 Å². The Morgan fingerprint density at radius 3 is 2.40 bits per heavy atom. The Kier molecular flexibility index (Phi) is 4.95. The van der Waals surface area contributed by atoms with Crippen molar-refractivity contribution in [3.8, 4) is 11.5 Å². The maximum absolute atomic E-state index is 12.7. The number of allylic oxidation sites excluding steroid dienone is 2. The Bertz CT molecular complexity index is 909. The first kappa shape index (κ1) is 17.3. The quantitative estimate of drug-likeness (QED) is 0.810. The molecule has 0 N–H and O–H groups in total. The number of hydrogen-bond donors (Lipinski definition) is 0. The molecule has 0 bridgehead atoms. The molecule has 2 aromatic carbocycles. The summed E-state index contributed by atoms with van der Waals surface area (Å²) in [7, 11) is -1.80. The van der Waals surface area contributed by atoms with Gasteiger partial charge in [0.25, 0.3) is 0 Å². The molecule has 1 atom stereocenters. The lowest BCUT2D eigenvalue weighted by atomic mass is 10.1. The molecular weight excluding hydrogens is 336 g/mol. The predicted molar refractivity (Wildman–Crippen MR) is 97.6 cm³/mol. The van der Waals surface area contributed by atoms with Crippen LogP contribution in [-0.4, -0.2) is 20.8 Å². The summed E-state index contributed by atoms with van der Waals surface area (Å²) >= 11 is 0. The minimum absolute atomic E-state index is 0.346. The molecule has 1 aliphatic rings. The Balaban J connectivity index is 1.72. The molecule has 5 heteroatoms. The zero-order chi connectivity index (χ0) is 17.9. The van der Waals surface area contributed by atoms with Crippen LogP contribution in [0.3, 0.4) is 0 Å². The first-order valence-corrected chi connectivity index (χ1v) is 9.54. The van der Waals surface area contributed by atoms with E-state index in [2.05, 4.69) is 0 Å². The highest BCUT2D eigenvalue weighted by atomic mass is 32.2. The molecule has 0 saturated heterocycles. The van der Waals surface area contributed by atoms with Crippen molar-refractivity contribution in [2.24, 2.45) is 0 Å². The Labute approximate surface area is 148 Å². The summed E-state index contributed by atoms with van der Waals surface area (Å²) in [4.78, 5) is 0.346. The van der Waals surface area contributed by atoms with E-state index in [0.29, 0.717) is 28.6 Å². The zero-order valence-corrected chi connectivity index (χ0v) is 15.0. The van der Waals surface area contributed by atoms with E-state index in [0.717, 1.165) is 5.56 Å². The molecule has 1 unspecified atom stereocenters. The number of methoxy groups -OCH3 is 1. The van der Waals surface area contributed by atoms with E-state index in [1.165, 1.54) is 0 Å². The van der Waals surface area contributed by atoms with Gasteiger partial charge < -0.3 is 9.47 Å². The fourth-order valence-electron chi connectivity index (χ4n) is 2.59. The Morgan fingerprint density at radius 2 is 1.76 bits per heavy atom. The van der Waals surface area contributed by atoms with Gasteiger partial charge in [-0.15, -0.1) is 0 Å². The third kappa shape index (κ3) is 3.94. The van der Waals surface area contributed by atoms with Crippen LogP contribution in [0.25, 0.3) is 0 Å². The van der Waals surface area contributed by atoms with E-state index in [-0.39, 0.29) is 0 Å². The minimum atomic E-state index is -3.39. The molecule has 25 heavy (non-hydrogen) atoms. The lowest BCUT2D eigenvalue weighted by Crippen LogP contribution is -2.21. The molecule has 0 aliphatic heterocycles. The standard InChI is InChI=1S/C20H20O4S/c1-15-6-10-19(11-7-15)25(21,22)20-12-8-16(9-13-20)24-18-5-3-4-17(14-18)23-2/h3-12,14,20H,13H2,1-2H3.